The lowest BCUT2D eigenvalue weighted by Crippen LogP contribution is -2.53. The van der Waals surface area contributed by atoms with E-state index in [2.05, 4.69) is 12.2 Å². The van der Waals surface area contributed by atoms with Gasteiger partial charge in [0.25, 0.3) is 5.91 Å². The third kappa shape index (κ3) is 3.97. The number of aryl methyl sites for hydroxylation is 2. The molecule has 2 aromatic carbocycles. The second-order valence-corrected chi connectivity index (χ2v) is 7.35. The van der Waals surface area contributed by atoms with E-state index in [4.69, 9.17) is 4.74 Å². The van der Waals surface area contributed by atoms with Gasteiger partial charge >= 0.3 is 0 Å². The second kappa shape index (κ2) is 7.43. The number of benzene rings is 2. The number of hydrogen-bond acceptors (Lipinski definition) is 3. The lowest BCUT2D eigenvalue weighted by molar-refractivity contribution is -0.132. The van der Waals surface area contributed by atoms with E-state index in [0.29, 0.717) is 12.3 Å². The van der Waals surface area contributed by atoms with E-state index < -0.39 is 5.60 Å². The number of carbonyl (C=O) groups excluding carboxylic acids is 2. The van der Waals surface area contributed by atoms with E-state index in [0.717, 1.165) is 28.9 Å². The number of fused-ring (bicyclic) bond motifs is 1. The highest BCUT2D eigenvalue weighted by atomic mass is 16.5. The van der Waals surface area contributed by atoms with Crippen LogP contribution in [-0.4, -0.2) is 24.0 Å². The van der Waals surface area contributed by atoms with E-state index in [1.54, 1.807) is 18.7 Å². The van der Waals surface area contributed by atoms with Crippen molar-refractivity contribution in [1.82, 2.24) is 0 Å². The molecule has 27 heavy (non-hydrogen) atoms. The summed E-state index contributed by atoms with van der Waals surface area (Å²) in [6.45, 7) is 7.84. The summed E-state index contributed by atoms with van der Waals surface area (Å²) in [5.41, 5.74) is 2.73. The summed E-state index contributed by atoms with van der Waals surface area (Å²) in [6.07, 6.45) is 1.06. The molecule has 0 unspecified atom stereocenters. The zero-order chi connectivity index (χ0) is 19.6. The molecule has 2 amide bonds. The van der Waals surface area contributed by atoms with Gasteiger partial charge in [0.2, 0.25) is 5.91 Å². The van der Waals surface area contributed by atoms with Crippen molar-refractivity contribution in [2.45, 2.75) is 46.1 Å². The van der Waals surface area contributed by atoms with Gasteiger partial charge in [-0.05, 0) is 56.5 Å². The molecule has 5 heteroatoms. The van der Waals surface area contributed by atoms with Crippen molar-refractivity contribution in [3.63, 3.8) is 0 Å². The maximum Gasteiger partial charge on any atom is 0.270 e. The standard InChI is InChI=1S/C22H26N2O3/c1-5-16-8-6-7-9-17(16)23-20(25)12-13-24-18-14-15(2)10-11-19(18)27-22(3,4)21(24)26/h6-11,14H,5,12-13H2,1-4H3,(H,23,25). The fourth-order valence-electron chi connectivity index (χ4n) is 3.28. The molecule has 142 valence electrons. The second-order valence-electron chi connectivity index (χ2n) is 7.35. The number of carbonyl (C=O) groups is 2. The van der Waals surface area contributed by atoms with E-state index >= 15 is 0 Å². The van der Waals surface area contributed by atoms with Gasteiger partial charge in [-0.15, -0.1) is 0 Å². The number of para-hydroxylation sites is 1. The molecular formula is C22H26N2O3. The Labute approximate surface area is 160 Å². The normalized spacial score (nSPS) is 15.1. The number of nitrogens with zero attached hydrogens (tertiary/aromatic N) is 1. The van der Waals surface area contributed by atoms with Gasteiger partial charge in [0.15, 0.2) is 5.60 Å². The molecule has 0 aromatic heterocycles. The summed E-state index contributed by atoms with van der Waals surface area (Å²) >= 11 is 0. The third-order valence-corrected chi connectivity index (χ3v) is 4.77. The van der Waals surface area contributed by atoms with Crippen molar-refractivity contribution in [2.24, 2.45) is 0 Å². The molecule has 0 atom stereocenters. The number of hydrogen-bond donors (Lipinski definition) is 1. The van der Waals surface area contributed by atoms with Crippen LogP contribution in [0, 0.1) is 6.92 Å². The van der Waals surface area contributed by atoms with Gasteiger partial charge in [0.05, 0.1) is 5.69 Å². The quantitative estimate of drug-likeness (QED) is 0.867. The Balaban J connectivity index is 1.75. The molecule has 3 rings (SSSR count). The van der Waals surface area contributed by atoms with E-state index in [9.17, 15) is 9.59 Å². The molecule has 0 aliphatic carbocycles. The molecule has 0 spiro atoms. The first-order chi connectivity index (χ1) is 12.8. The monoisotopic (exact) mass is 366 g/mol. The molecule has 2 aromatic rings. The summed E-state index contributed by atoms with van der Waals surface area (Å²) in [5, 5.41) is 2.96. The number of ether oxygens (including phenoxy) is 1. The van der Waals surface area contributed by atoms with Crippen LogP contribution in [0.1, 0.15) is 38.3 Å². The number of rotatable bonds is 5. The van der Waals surface area contributed by atoms with Gasteiger partial charge in [-0.25, -0.2) is 0 Å². The number of amides is 2. The van der Waals surface area contributed by atoms with E-state index in [1.807, 2.05) is 49.4 Å². The molecule has 1 aliphatic rings. The van der Waals surface area contributed by atoms with Crippen molar-refractivity contribution in [3.05, 3.63) is 53.6 Å². The Hall–Kier alpha value is -2.82. The lowest BCUT2D eigenvalue weighted by Gasteiger charge is -2.38. The van der Waals surface area contributed by atoms with Crippen LogP contribution in [0.25, 0.3) is 0 Å². The van der Waals surface area contributed by atoms with Gasteiger partial charge in [-0.1, -0.05) is 31.2 Å². The summed E-state index contributed by atoms with van der Waals surface area (Å²) in [6, 6.07) is 13.5. The van der Waals surface area contributed by atoms with Crippen molar-refractivity contribution in [3.8, 4) is 5.75 Å². The van der Waals surface area contributed by atoms with Crippen LogP contribution in [0.2, 0.25) is 0 Å². The fourth-order valence-corrected chi connectivity index (χ4v) is 3.28. The van der Waals surface area contributed by atoms with E-state index in [-0.39, 0.29) is 18.2 Å². The largest absolute Gasteiger partial charge is 0.476 e. The van der Waals surface area contributed by atoms with Crippen LogP contribution in [-0.2, 0) is 16.0 Å². The van der Waals surface area contributed by atoms with Crippen LogP contribution in [0.15, 0.2) is 42.5 Å². The molecule has 0 fully saturated rings. The average Bonchev–Trinajstić information content (AvgIpc) is 2.63. The Morgan fingerprint density at radius 3 is 2.67 bits per heavy atom. The van der Waals surface area contributed by atoms with Crippen molar-refractivity contribution >= 4 is 23.2 Å². The minimum atomic E-state index is -0.951. The Kier molecular flexibility index (Phi) is 5.22. The maximum atomic E-state index is 12.9. The topological polar surface area (TPSA) is 58.6 Å². The highest BCUT2D eigenvalue weighted by Crippen LogP contribution is 2.38. The first-order valence-electron chi connectivity index (χ1n) is 9.31. The molecule has 0 bridgehead atoms. The van der Waals surface area contributed by atoms with Gasteiger partial charge < -0.3 is 15.0 Å². The van der Waals surface area contributed by atoms with Crippen molar-refractivity contribution in [1.29, 1.82) is 0 Å². The van der Waals surface area contributed by atoms with Crippen molar-refractivity contribution in [2.75, 3.05) is 16.8 Å². The predicted octanol–water partition coefficient (Wildman–Crippen LogP) is 4.09. The molecule has 1 heterocycles. The van der Waals surface area contributed by atoms with Gasteiger partial charge in [0, 0.05) is 18.7 Å². The first kappa shape index (κ1) is 19.0. The van der Waals surface area contributed by atoms with Crippen LogP contribution >= 0.6 is 0 Å². The van der Waals surface area contributed by atoms with E-state index in [1.165, 1.54) is 0 Å². The third-order valence-electron chi connectivity index (χ3n) is 4.77. The fraction of sp³-hybridized carbons (Fsp3) is 0.364. The Bertz CT molecular complexity index is 874. The minimum Gasteiger partial charge on any atom is -0.476 e. The molecule has 0 radical (unpaired) electrons. The Morgan fingerprint density at radius 1 is 1.19 bits per heavy atom. The molecule has 1 N–H and O–H groups in total. The SMILES string of the molecule is CCc1ccccc1NC(=O)CCN1C(=O)C(C)(C)Oc2ccc(C)cc21. The summed E-state index contributed by atoms with van der Waals surface area (Å²) in [4.78, 5) is 27.0. The van der Waals surface area contributed by atoms with Crippen LogP contribution < -0.4 is 15.0 Å². The molecule has 0 saturated heterocycles. The van der Waals surface area contributed by atoms with Crippen LogP contribution in [0.5, 0.6) is 5.75 Å². The summed E-state index contributed by atoms with van der Waals surface area (Å²) in [5.74, 6) is 0.423. The maximum absolute atomic E-state index is 12.9. The Morgan fingerprint density at radius 2 is 1.93 bits per heavy atom. The van der Waals surface area contributed by atoms with Crippen LogP contribution in [0.4, 0.5) is 11.4 Å². The highest BCUT2D eigenvalue weighted by molar-refractivity contribution is 6.03. The smallest absolute Gasteiger partial charge is 0.270 e. The predicted molar refractivity (Wildman–Crippen MR) is 107 cm³/mol. The zero-order valence-electron chi connectivity index (χ0n) is 16.3. The average molecular weight is 366 g/mol. The summed E-state index contributed by atoms with van der Waals surface area (Å²) < 4.78 is 5.86. The first-order valence-corrected chi connectivity index (χ1v) is 9.31. The minimum absolute atomic E-state index is 0.109. The van der Waals surface area contributed by atoms with Gasteiger partial charge in [-0.2, -0.15) is 0 Å². The number of nitrogens with one attached hydrogen (secondary N) is 1. The van der Waals surface area contributed by atoms with Crippen LogP contribution in [0.3, 0.4) is 0 Å². The molecule has 0 saturated carbocycles. The summed E-state index contributed by atoms with van der Waals surface area (Å²) in [7, 11) is 0. The highest BCUT2D eigenvalue weighted by Gasteiger charge is 2.40. The van der Waals surface area contributed by atoms with Gasteiger partial charge in [0.1, 0.15) is 5.75 Å². The molecule has 5 nitrogen and oxygen atoms in total. The zero-order valence-corrected chi connectivity index (χ0v) is 16.3. The lowest BCUT2D eigenvalue weighted by atomic mass is 10.0. The number of anilines is 2. The van der Waals surface area contributed by atoms with Crippen molar-refractivity contribution < 1.29 is 14.3 Å². The van der Waals surface area contributed by atoms with Gasteiger partial charge in [-0.3, -0.25) is 9.59 Å². The molecular weight excluding hydrogens is 340 g/mol. The molecule has 1 aliphatic heterocycles.